The molecule has 4 nitrogen and oxygen atoms in total. The van der Waals surface area contributed by atoms with Crippen LogP contribution in [0.1, 0.15) is 46.5 Å². The zero-order chi connectivity index (χ0) is 15.7. The van der Waals surface area contributed by atoms with Crippen molar-refractivity contribution in [3.05, 3.63) is 0 Å². The summed E-state index contributed by atoms with van der Waals surface area (Å²) < 4.78 is 25.2. The fourth-order valence-electron chi connectivity index (χ4n) is 4.14. The lowest BCUT2D eigenvalue weighted by Crippen LogP contribution is -2.69. The Kier molecular flexibility index (Phi) is 5.34. The van der Waals surface area contributed by atoms with Gasteiger partial charge in [-0.1, -0.05) is 33.6 Å². The van der Waals surface area contributed by atoms with Gasteiger partial charge in [-0.3, -0.25) is 4.90 Å². The maximum absolute atomic E-state index is 12.6. The summed E-state index contributed by atoms with van der Waals surface area (Å²) in [4.78, 5) is 2.28. The average Bonchev–Trinajstić information content (AvgIpc) is 2.47. The molecule has 0 amide bonds. The van der Waals surface area contributed by atoms with Crippen molar-refractivity contribution in [3.8, 4) is 0 Å². The van der Waals surface area contributed by atoms with Crippen molar-refractivity contribution < 1.29 is 8.42 Å². The molecule has 21 heavy (non-hydrogen) atoms. The number of thioether (sulfide) groups is 1. The van der Waals surface area contributed by atoms with E-state index in [1.54, 1.807) is 18.7 Å². The van der Waals surface area contributed by atoms with Crippen LogP contribution in [-0.4, -0.2) is 54.6 Å². The van der Waals surface area contributed by atoms with Crippen LogP contribution < -0.4 is 5.73 Å². The molecule has 124 valence electrons. The molecule has 2 aliphatic rings. The summed E-state index contributed by atoms with van der Waals surface area (Å²) in [6.45, 7) is 7.70. The second-order valence-corrected chi connectivity index (χ2v) is 10.6. The molecule has 0 radical (unpaired) electrons. The van der Waals surface area contributed by atoms with Crippen molar-refractivity contribution in [2.24, 2.45) is 11.1 Å². The lowest BCUT2D eigenvalue weighted by atomic mass is 9.62. The van der Waals surface area contributed by atoms with Gasteiger partial charge in [0.05, 0.1) is 0 Å². The summed E-state index contributed by atoms with van der Waals surface area (Å²) in [7, 11) is -3.07. The maximum atomic E-state index is 12.6. The van der Waals surface area contributed by atoms with Gasteiger partial charge in [-0.05, 0) is 18.3 Å². The zero-order valence-electron chi connectivity index (χ0n) is 13.6. The van der Waals surface area contributed by atoms with Gasteiger partial charge in [-0.25, -0.2) is 8.42 Å². The summed E-state index contributed by atoms with van der Waals surface area (Å²) in [5, 5.41) is -0.359. The monoisotopic (exact) mass is 334 g/mol. The van der Waals surface area contributed by atoms with Crippen molar-refractivity contribution >= 4 is 21.6 Å². The topological polar surface area (TPSA) is 63.4 Å². The SMILES string of the molecule is CCS(=O)(=O)C1CSCCN1C1(CN)CCCCC1(C)C. The van der Waals surface area contributed by atoms with Crippen molar-refractivity contribution in [1.82, 2.24) is 4.90 Å². The predicted molar refractivity (Wildman–Crippen MR) is 91.3 cm³/mol. The quantitative estimate of drug-likeness (QED) is 0.853. The van der Waals surface area contributed by atoms with Crippen LogP contribution >= 0.6 is 11.8 Å². The summed E-state index contributed by atoms with van der Waals surface area (Å²) in [6.07, 6.45) is 4.54. The molecule has 1 aliphatic heterocycles. The Morgan fingerprint density at radius 3 is 2.52 bits per heavy atom. The Morgan fingerprint density at radius 2 is 1.95 bits per heavy atom. The van der Waals surface area contributed by atoms with Crippen molar-refractivity contribution in [3.63, 3.8) is 0 Å². The van der Waals surface area contributed by atoms with Crippen molar-refractivity contribution in [1.29, 1.82) is 0 Å². The second kappa shape index (κ2) is 6.38. The lowest BCUT2D eigenvalue weighted by molar-refractivity contribution is -0.0467. The van der Waals surface area contributed by atoms with Crippen LogP contribution in [0.15, 0.2) is 0 Å². The highest BCUT2D eigenvalue weighted by atomic mass is 32.2. The molecule has 2 atom stereocenters. The summed E-state index contributed by atoms with van der Waals surface area (Å²) in [6, 6.07) is 0. The highest BCUT2D eigenvalue weighted by Crippen LogP contribution is 2.49. The van der Waals surface area contributed by atoms with Gasteiger partial charge in [-0.15, -0.1) is 0 Å². The Hall–Kier alpha value is 0.220. The molecule has 0 spiro atoms. The first-order valence-corrected chi connectivity index (χ1v) is 10.9. The van der Waals surface area contributed by atoms with Gasteiger partial charge >= 0.3 is 0 Å². The number of rotatable bonds is 4. The van der Waals surface area contributed by atoms with Crippen molar-refractivity contribution in [2.75, 3.05) is 30.3 Å². The first-order chi connectivity index (χ1) is 9.81. The van der Waals surface area contributed by atoms with Gasteiger partial charge in [0.1, 0.15) is 5.37 Å². The number of hydrogen-bond donors (Lipinski definition) is 1. The molecule has 1 saturated heterocycles. The highest BCUT2D eigenvalue weighted by Gasteiger charge is 2.53. The molecule has 1 aliphatic carbocycles. The van der Waals surface area contributed by atoms with E-state index in [9.17, 15) is 8.42 Å². The fraction of sp³-hybridized carbons (Fsp3) is 1.00. The minimum atomic E-state index is -3.07. The van der Waals surface area contributed by atoms with E-state index >= 15 is 0 Å². The van der Waals surface area contributed by atoms with Gasteiger partial charge in [0.25, 0.3) is 0 Å². The normalized spacial score (nSPS) is 34.8. The summed E-state index contributed by atoms with van der Waals surface area (Å²) in [5.74, 6) is 1.91. The Bertz CT molecular complexity index is 464. The van der Waals surface area contributed by atoms with E-state index in [-0.39, 0.29) is 22.1 Å². The van der Waals surface area contributed by atoms with Gasteiger partial charge in [0.2, 0.25) is 0 Å². The molecule has 2 fully saturated rings. The lowest BCUT2D eigenvalue weighted by Gasteiger charge is -2.58. The predicted octanol–water partition coefficient (Wildman–Crippen LogP) is 2.09. The third kappa shape index (κ3) is 3.01. The molecule has 0 bridgehead atoms. The van der Waals surface area contributed by atoms with Crippen LogP contribution in [0.4, 0.5) is 0 Å². The Morgan fingerprint density at radius 1 is 1.29 bits per heavy atom. The fourth-order valence-corrected chi connectivity index (χ4v) is 7.22. The van der Waals surface area contributed by atoms with E-state index in [4.69, 9.17) is 5.73 Å². The van der Waals surface area contributed by atoms with Gasteiger partial charge in [-0.2, -0.15) is 11.8 Å². The Labute approximate surface area is 134 Å². The molecule has 1 saturated carbocycles. The molecule has 2 N–H and O–H groups in total. The third-order valence-corrected chi connectivity index (χ3v) is 8.98. The molecule has 1 heterocycles. The first-order valence-electron chi connectivity index (χ1n) is 8.07. The van der Waals surface area contributed by atoms with Crippen LogP contribution in [0.3, 0.4) is 0 Å². The van der Waals surface area contributed by atoms with Gasteiger partial charge < -0.3 is 5.73 Å². The Balaban J connectivity index is 2.43. The molecule has 0 aromatic rings. The minimum Gasteiger partial charge on any atom is -0.329 e. The zero-order valence-corrected chi connectivity index (χ0v) is 15.2. The average molecular weight is 335 g/mol. The molecule has 0 aromatic carbocycles. The number of hydrogen-bond acceptors (Lipinski definition) is 5. The highest BCUT2D eigenvalue weighted by molar-refractivity contribution is 8.01. The molecule has 2 unspecified atom stereocenters. The summed E-state index contributed by atoms with van der Waals surface area (Å²) in [5.41, 5.74) is 6.15. The van der Waals surface area contributed by atoms with E-state index in [1.165, 1.54) is 6.42 Å². The smallest absolute Gasteiger partial charge is 0.166 e. The van der Waals surface area contributed by atoms with Crippen LogP contribution in [0.5, 0.6) is 0 Å². The molecule has 2 rings (SSSR count). The van der Waals surface area contributed by atoms with E-state index < -0.39 is 9.84 Å². The molecular formula is C15H30N2O2S2. The molecule has 0 aromatic heterocycles. The first kappa shape index (κ1) is 17.6. The molecular weight excluding hydrogens is 304 g/mol. The maximum Gasteiger partial charge on any atom is 0.166 e. The van der Waals surface area contributed by atoms with E-state index in [1.807, 2.05) is 0 Å². The summed E-state index contributed by atoms with van der Waals surface area (Å²) >= 11 is 1.76. The van der Waals surface area contributed by atoms with Crippen LogP contribution in [0.2, 0.25) is 0 Å². The van der Waals surface area contributed by atoms with Crippen molar-refractivity contribution in [2.45, 2.75) is 57.4 Å². The largest absolute Gasteiger partial charge is 0.329 e. The van der Waals surface area contributed by atoms with Crippen LogP contribution in [0.25, 0.3) is 0 Å². The third-order valence-electron chi connectivity index (χ3n) is 5.69. The van der Waals surface area contributed by atoms with E-state index in [0.717, 1.165) is 31.6 Å². The van der Waals surface area contributed by atoms with Crippen LogP contribution in [0, 0.1) is 5.41 Å². The minimum absolute atomic E-state index is 0.0729. The van der Waals surface area contributed by atoms with Gasteiger partial charge in [0, 0.05) is 35.9 Å². The number of sulfone groups is 1. The van der Waals surface area contributed by atoms with E-state index in [0.29, 0.717) is 12.3 Å². The number of nitrogens with zero attached hydrogens (tertiary/aromatic N) is 1. The standard InChI is InChI=1S/C15H30N2O2S2/c1-4-21(18,19)13-11-20-10-9-17(13)15(12-16)8-6-5-7-14(15,2)3/h13H,4-12,16H2,1-3H3. The number of nitrogens with two attached hydrogens (primary N) is 1. The van der Waals surface area contributed by atoms with Crippen LogP contribution in [-0.2, 0) is 9.84 Å². The van der Waals surface area contributed by atoms with E-state index in [2.05, 4.69) is 18.7 Å². The second-order valence-electron chi connectivity index (χ2n) is 7.00. The van der Waals surface area contributed by atoms with Gasteiger partial charge in [0.15, 0.2) is 9.84 Å². The molecule has 6 heteroatoms.